The summed E-state index contributed by atoms with van der Waals surface area (Å²) in [5, 5.41) is 1.41. The summed E-state index contributed by atoms with van der Waals surface area (Å²) in [6.45, 7) is 1.71. The minimum atomic E-state index is -3.40. The molecule has 25 heavy (non-hydrogen) atoms. The maximum atomic E-state index is 12.4. The summed E-state index contributed by atoms with van der Waals surface area (Å²) in [7, 11) is -3.40. The Morgan fingerprint density at radius 2 is 2.00 bits per heavy atom. The SMILES string of the molecule is O=S(=O)(c1ccc(SCCOc2cccc(Cl)c2)nc1)N1CCCC1. The van der Waals surface area contributed by atoms with Gasteiger partial charge in [0.25, 0.3) is 0 Å². The zero-order valence-corrected chi connectivity index (χ0v) is 16.0. The maximum absolute atomic E-state index is 12.4. The minimum Gasteiger partial charge on any atom is -0.493 e. The third-order valence-corrected chi connectivity index (χ3v) is 6.84. The van der Waals surface area contributed by atoms with E-state index in [2.05, 4.69) is 4.98 Å². The van der Waals surface area contributed by atoms with Gasteiger partial charge >= 0.3 is 0 Å². The Morgan fingerprint density at radius 3 is 2.68 bits per heavy atom. The molecular weight excluding hydrogens is 380 g/mol. The molecule has 0 spiro atoms. The highest BCUT2D eigenvalue weighted by atomic mass is 35.5. The molecular formula is C17H19ClN2O3S2. The number of aromatic nitrogens is 1. The van der Waals surface area contributed by atoms with Crippen molar-refractivity contribution in [1.29, 1.82) is 0 Å². The summed E-state index contributed by atoms with van der Waals surface area (Å²) in [6, 6.07) is 10.6. The molecule has 3 rings (SSSR count). The van der Waals surface area contributed by atoms with Gasteiger partial charge in [0.2, 0.25) is 10.0 Å². The highest BCUT2D eigenvalue weighted by molar-refractivity contribution is 7.99. The molecule has 0 atom stereocenters. The van der Waals surface area contributed by atoms with Crippen molar-refractivity contribution in [2.45, 2.75) is 22.8 Å². The van der Waals surface area contributed by atoms with Crippen LogP contribution in [0.4, 0.5) is 0 Å². The smallest absolute Gasteiger partial charge is 0.244 e. The molecule has 2 aromatic rings. The molecule has 1 aliphatic rings. The fourth-order valence-corrected chi connectivity index (χ4v) is 4.86. The zero-order valence-electron chi connectivity index (χ0n) is 13.6. The van der Waals surface area contributed by atoms with Gasteiger partial charge in [-0.2, -0.15) is 4.31 Å². The topological polar surface area (TPSA) is 59.5 Å². The monoisotopic (exact) mass is 398 g/mol. The van der Waals surface area contributed by atoms with E-state index in [4.69, 9.17) is 16.3 Å². The second kappa shape index (κ2) is 8.40. The number of pyridine rings is 1. The Kier molecular flexibility index (Phi) is 6.22. The summed E-state index contributed by atoms with van der Waals surface area (Å²) < 4.78 is 32.0. The van der Waals surface area contributed by atoms with Crippen LogP contribution in [0.5, 0.6) is 5.75 Å². The molecule has 0 radical (unpaired) electrons. The van der Waals surface area contributed by atoms with E-state index in [0.717, 1.165) is 23.6 Å². The van der Waals surface area contributed by atoms with Gasteiger partial charge in [-0.1, -0.05) is 17.7 Å². The molecule has 1 aromatic carbocycles. The first-order chi connectivity index (χ1) is 12.1. The number of rotatable bonds is 7. The molecule has 5 nitrogen and oxygen atoms in total. The van der Waals surface area contributed by atoms with Gasteiger partial charge in [-0.15, -0.1) is 11.8 Å². The predicted octanol–water partition coefficient (Wildman–Crippen LogP) is 3.69. The van der Waals surface area contributed by atoms with Crippen LogP contribution in [0.3, 0.4) is 0 Å². The van der Waals surface area contributed by atoms with Crippen molar-refractivity contribution >= 4 is 33.4 Å². The average Bonchev–Trinajstić information content (AvgIpc) is 3.15. The number of thioether (sulfide) groups is 1. The highest BCUT2D eigenvalue weighted by Crippen LogP contribution is 2.23. The third kappa shape index (κ3) is 4.88. The largest absolute Gasteiger partial charge is 0.493 e. The zero-order chi connectivity index (χ0) is 17.7. The Hall–Kier alpha value is -1.28. The number of hydrogen-bond donors (Lipinski definition) is 0. The van der Waals surface area contributed by atoms with E-state index in [0.29, 0.717) is 30.5 Å². The van der Waals surface area contributed by atoms with E-state index in [-0.39, 0.29) is 4.90 Å². The first kappa shape index (κ1) is 18.5. The Morgan fingerprint density at radius 1 is 1.20 bits per heavy atom. The molecule has 0 bridgehead atoms. The van der Waals surface area contributed by atoms with Crippen LogP contribution in [0.25, 0.3) is 0 Å². The standard InChI is InChI=1S/C17H19ClN2O3S2/c18-14-4-3-5-15(12-14)23-10-11-24-17-7-6-16(13-19-17)25(21,22)20-8-1-2-9-20/h3-7,12-13H,1-2,8-11H2. The van der Waals surface area contributed by atoms with Crippen molar-refractivity contribution in [2.24, 2.45) is 0 Å². The van der Waals surface area contributed by atoms with Crippen molar-refractivity contribution < 1.29 is 13.2 Å². The van der Waals surface area contributed by atoms with Gasteiger partial charge in [-0.25, -0.2) is 13.4 Å². The van der Waals surface area contributed by atoms with Crippen molar-refractivity contribution in [3.63, 3.8) is 0 Å². The maximum Gasteiger partial charge on any atom is 0.244 e. The fourth-order valence-electron chi connectivity index (χ4n) is 2.54. The van der Waals surface area contributed by atoms with Gasteiger partial charge < -0.3 is 4.74 Å². The number of nitrogens with zero attached hydrogens (tertiary/aromatic N) is 2. The number of ether oxygens (including phenoxy) is 1. The van der Waals surface area contributed by atoms with E-state index in [1.165, 1.54) is 22.3 Å². The molecule has 1 aliphatic heterocycles. The van der Waals surface area contributed by atoms with E-state index in [1.807, 2.05) is 12.1 Å². The fraction of sp³-hybridized carbons (Fsp3) is 0.353. The lowest BCUT2D eigenvalue weighted by Crippen LogP contribution is -2.27. The lowest BCUT2D eigenvalue weighted by Gasteiger charge is -2.15. The van der Waals surface area contributed by atoms with Crippen LogP contribution in [0.2, 0.25) is 5.02 Å². The van der Waals surface area contributed by atoms with Crippen LogP contribution in [0, 0.1) is 0 Å². The predicted molar refractivity (Wildman–Crippen MR) is 99.9 cm³/mol. The summed E-state index contributed by atoms with van der Waals surface area (Å²) in [6.07, 6.45) is 3.29. The second-order valence-electron chi connectivity index (χ2n) is 5.60. The van der Waals surface area contributed by atoms with Gasteiger partial charge in [0.15, 0.2) is 0 Å². The summed E-state index contributed by atoms with van der Waals surface area (Å²) in [5.41, 5.74) is 0. The first-order valence-electron chi connectivity index (χ1n) is 8.03. The van der Waals surface area contributed by atoms with Crippen LogP contribution in [-0.2, 0) is 10.0 Å². The van der Waals surface area contributed by atoms with Gasteiger partial charge in [0.05, 0.1) is 11.6 Å². The van der Waals surface area contributed by atoms with Crippen LogP contribution < -0.4 is 4.74 Å². The molecule has 1 fully saturated rings. The Balaban J connectivity index is 1.51. The molecule has 8 heteroatoms. The van der Waals surface area contributed by atoms with E-state index in [1.54, 1.807) is 24.3 Å². The minimum absolute atomic E-state index is 0.258. The number of halogens is 1. The number of sulfonamides is 1. The van der Waals surface area contributed by atoms with Crippen LogP contribution in [0.1, 0.15) is 12.8 Å². The molecule has 0 unspecified atom stereocenters. The molecule has 134 valence electrons. The molecule has 0 amide bonds. The Labute approximate surface area is 157 Å². The first-order valence-corrected chi connectivity index (χ1v) is 10.8. The highest BCUT2D eigenvalue weighted by Gasteiger charge is 2.27. The van der Waals surface area contributed by atoms with Gasteiger partial charge in [-0.05, 0) is 43.2 Å². The van der Waals surface area contributed by atoms with Crippen molar-refractivity contribution in [3.8, 4) is 5.75 Å². The van der Waals surface area contributed by atoms with Gasteiger partial charge in [0, 0.05) is 30.1 Å². The van der Waals surface area contributed by atoms with Crippen LogP contribution in [-0.4, -0.2) is 43.2 Å². The Bertz CT molecular complexity index is 807. The lowest BCUT2D eigenvalue weighted by atomic mass is 10.3. The van der Waals surface area contributed by atoms with Crippen LogP contribution >= 0.6 is 23.4 Å². The normalized spacial score (nSPS) is 15.4. The van der Waals surface area contributed by atoms with E-state index in [9.17, 15) is 8.42 Å². The molecule has 1 saturated heterocycles. The second-order valence-corrected chi connectivity index (χ2v) is 9.09. The number of hydrogen-bond acceptors (Lipinski definition) is 5. The summed E-state index contributed by atoms with van der Waals surface area (Å²) >= 11 is 7.42. The summed E-state index contributed by atoms with van der Waals surface area (Å²) in [4.78, 5) is 4.51. The molecule has 0 aliphatic carbocycles. The molecule has 0 N–H and O–H groups in total. The van der Waals surface area contributed by atoms with Crippen molar-refractivity contribution in [3.05, 3.63) is 47.6 Å². The third-order valence-electron chi connectivity index (χ3n) is 3.81. The summed E-state index contributed by atoms with van der Waals surface area (Å²) in [5.74, 6) is 1.44. The van der Waals surface area contributed by atoms with Gasteiger partial charge in [0.1, 0.15) is 10.6 Å². The average molecular weight is 399 g/mol. The van der Waals surface area contributed by atoms with Crippen molar-refractivity contribution in [1.82, 2.24) is 9.29 Å². The molecule has 2 heterocycles. The number of benzene rings is 1. The van der Waals surface area contributed by atoms with Crippen molar-refractivity contribution in [2.75, 3.05) is 25.4 Å². The molecule has 0 saturated carbocycles. The van der Waals surface area contributed by atoms with Crippen LogP contribution in [0.15, 0.2) is 52.5 Å². The molecule has 1 aromatic heterocycles. The lowest BCUT2D eigenvalue weighted by molar-refractivity contribution is 0.344. The van der Waals surface area contributed by atoms with E-state index >= 15 is 0 Å². The quantitative estimate of drug-likeness (QED) is 0.525. The van der Waals surface area contributed by atoms with E-state index < -0.39 is 10.0 Å². The van der Waals surface area contributed by atoms with Gasteiger partial charge in [-0.3, -0.25) is 0 Å².